The molecule has 0 aliphatic carbocycles. The van der Waals surface area contributed by atoms with Crippen LogP contribution in [0.2, 0.25) is 0 Å². The minimum Gasteiger partial charge on any atom is -0.494 e. The standard InChI is InChI=1S/C26H35N3O3/c1-2-3-17-32-25-12-6-20(7-13-25)26(31)27-21-8-10-22(11-9-21)28-16-14-23(18-28)29-15-4-5-24(29)19-30/h6-13,23-24,30H,2-5,14-19H2,1H3,(H,27,31). The maximum Gasteiger partial charge on any atom is 0.255 e. The normalized spacial score (nSPS) is 21.1. The van der Waals surface area contributed by atoms with Gasteiger partial charge in [-0.1, -0.05) is 13.3 Å². The van der Waals surface area contributed by atoms with Gasteiger partial charge in [0.1, 0.15) is 5.75 Å². The molecule has 2 fully saturated rings. The lowest BCUT2D eigenvalue weighted by molar-refractivity contribution is 0.102. The van der Waals surface area contributed by atoms with Crippen molar-refractivity contribution in [3.63, 3.8) is 0 Å². The van der Waals surface area contributed by atoms with E-state index in [4.69, 9.17) is 4.74 Å². The molecule has 0 saturated carbocycles. The van der Waals surface area contributed by atoms with Gasteiger partial charge in [0, 0.05) is 42.1 Å². The number of aliphatic hydroxyl groups is 1. The van der Waals surface area contributed by atoms with Crippen molar-refractivity contribution in [1.29, 1.82) is 0 Å². The Morgan fingerprint density at radius 3 is 2.59 bits per heavy atom. The topological polar surface area (TPSA) is 65.0 Å². The highest BCUT2D eigenvalue weighted by Gasteiger charge is 2.34. The molecule has 0 aromatic heterocycles. The molecule has 1 amide bonds. The highest BCUT2D eigenvalue weighted by molar-refractivity contribution is 6.04. The lowest BCUT2D eigenvalue weighted by Gasteiger charge is -2.29. The van der Waals surface area contributed by atoms with Crippen LogP contribution in [0.25, 0.3) is 0 Å². The molecule has 2 aliphatic heterocycles. The number of carbonyl (C=O) groups excluding carboxylic acids is 1. The van der Waals surface area contributed by atoms with Crippen LogP contribution in [0, 0.1) is 0 Å². The second kappa shape index (κ2) is 10.8. The van der Waals surface area contributed by atoms with Gasteiger partial charge in [-0.05, 0) is 80.8 Å². The summed E-state index contributed by atoms with van der Waals surface area (Å²) in [6, 6.07) is 16.2. The van der Waals surface area contributed by atoms with Crippen LogP contribution in [0.1, 0.15) is 49.4 Å². The van der Waals surface area contributed by atoms with E-state index in [9.17, 15) is 9.90 Å². The second-order valence-corrected chi connectivity index (χ2v) is 8.83. The average molecular weight is 438 g/mol. The molecule has 172 valence electrons. The van der Waals surface area contributed by atoms with Crippen LogP contribution >= 0.6 is 0 Å². The number of hydrogen-bond acceptors (Lipinski definition) is 5. The SMILES string of the molecule is CCCCOc1ccc(C(=O)Nc2ccc(N3CCC(N4CCCC4CO)C3)cc2)cc1. The third kappa shape index (κ3) is 5.43. The molecule has 2 aliphatic rings. The lowest BCUT2D eigenvalue weighted by atomic mass is 10.2. The summed E-state index contributed by atoms with van der Waals surface area (Å²) in [7, 11) is 0. The molecular weight excluding hydrogens is 402 g/mol. The summed E-state index contributed by atoms with van der Waals surface area (Å²) >= 11 is 0. The molecule has 6 heteroatoms. The zero-order valence-electron chi connectivity index (χ0n) is 19.0. The van der Waals surface area contributed by atoms with Gasteiger partial charge in [0.2, 0.25) is 0 Å². The van der Waals surface area contributed by atoms with Crippen LogP contribution in [0.5, 0.6) is 5.75 Å². The molecule has 32 heavy (non-hydrogen) atoms. The van der Waals surface area contributed by atoms with Crippen LogP contribution in [0.4, 0.5) is 11.4 Å². The summed E-state index contributed by atoms with van der Waals surface area (Å²) in [6.07, 6.45) is 5.55. The van der Waals surface area contributed by atoms with E-state index in [1.807, 2.05) is 24.3 Å². The Kier molecular flexibility index (Phi) is 7.66. The lowest BCUT2D eigenvalue weighted by Crippen LogP contribution is -2.42. The summed E-state index contributed by atoms with van der Waals surface area (Å²) in [5, 5.41) is 12.6. The van der Waals surface area contributed by atoms with Crippen LogP contribution in [0.3, 0.4) is 0 Å². The number of likely N-dealkylation sites (tertiary alicyclic amines) is 1. The molecule has 2 atom stereocenters. The molecular formula is C26H35N3O3. The summed E-state index contributed by atoms with van der Waals surface area (Å²) in [4.78, 5) is 17.5. The predicted octanol–water partition coefficient (Wildman–Crippen LogP) is 4.15. The third-order valence-corrected chi connectivity index (χ3v) is 6.64. The number of nitrogens with one attached hydrogen (secondary N) is 1. The van der Waals surface area contributed by atoms with Crippen molar-refractivity contribution < 1.29 is 14.6 Å². The van der Waals surface area contributed by atoms with Crippen molar-refractivity contribution in [1.82, 2.24) is 4.90 Å². The molecule has 2 aromatic carbocycles. The Hall–Kier alpha value is -2.57. The van der Waals surface area contributed by atoms with Gasteiger partial charge >= 0.3 is 0 Å². The number of anilines is 2. The molecule has 0 bridgehead atoms. The van der Waals surface area contributed by atoms with Crippen molar-refractivity contribution in [3.05, 3.63) is 54.1 Å². The number of aliphatic hydroxyl groups excluding tert-OH is 1. The van der Waals surface area contributed by atoms with Gasteiger partial charge in [-0.3, -0.25) is 9.69 Å². The Morgan fingerprint density at radius 1 is 1.09 bits per heavy atom. The monoisotopic (exact) mass is 437 g/mol. The van der Waals surface area contributed by atoms with E-state index in [0.29, 0.717) is 24.3 Å². The van der Waals surface area contributed by atoms with E-state index >= 15 is 0 Å². The van der Waals surface area contributed by atoms with Crippen molar-refractivity contribution in [3.8, 4) is 5.75 Å². The zero-order valence-corrected chi connectivity index (χ0v) is 19.0. The third-order valence-electron chi connectivity index (χ3n) is 6.64. The Morgan fingerprint density at radius 2 is 1.88 bits per heavy atom. The van der Waals surface area contributed by atoms with E-state index in [1.54, 1.807) is 12.1 Å². The maximum atomic E-state index is 12.6. The average Bonchev–Trinajstić information content (AvgIpc) is 3.49. The van der Waals surface area contributed by atoms with E-state index in [2.05, 4.69) is 34.2 Å². The first kappa shape index (κ1) is 22.6. The summed E-state index contributed by atoms with van der Waals surface area (Å²) in [5.74, 6) is 0.672. The minimum atomic E-state index is -0.122. The quantitative estimate of drug-likeness (QED) is 0.577. The van der Waals surface area contributed by atoms with E-state index in [0.717, 1.165) is 56.8 Å². The molecule has 4 rings (SSSR count). The summed E-state index contributed by atoms with van der Waals surface area (Å²) in [5.41, 5.74) is 2.58. The summed E-state index contributed by atoms with van der Waals surface area (Å²) < 4.78 is 5.66. The Bertz CT molecular complexity index is 869. The molecule has 2 heterocycles. The number of nitrogens with zero attached hydrogens (tertiary/aromatic N) is 2. The minimum absolute atomic E-state index is 0.122. The number of rotatable bonds is 9. The molecule has 0 spiro atoms. The van der Waals surface area contributed by atoms with Crippen LogP contribution in [-0.4, -0.2) is 60.8 Å². The largest absolute Gasteiger partial charge is 0.494 e. The van der Waals surface area contributed by atoms with Crippen molar-refractivity contribution in [2.45, 2.75) is 51.1 Å². The van der Waals surface area contributed by atoms with Crippen molar-refractivity contribution in [2.75, 3.05) is 43.1 Å². The number of carbonyl (C=O) groups is 1. The molecule has 2 aromatic rings. The highest BCUT2D eigenvalue weighted by atomic mass is 16.5. The van der Waals surface area contributed by atoms with Gasteiger partial charge in [0.15, 0.2) is 0 Å². The first-order chi connectivity index (χ1) is 15.7. The molecule has 0 radical (unpaired) electrons. The van der Waals surface area contributed by atoms with Gasteiger partial charge < -0.3 is 20.1 Å². The molecule has 2 saturated heterocycles. The molecule has 2 unspecified atom stereocenters. The van der Waals surface area contributed by atoms with Crippen molar-refractivity contribution in [2.24, 2.45) is 0 Å². The number of ether oxygens (including phenoxy) is 1. The number of hydrogen-bond donors (Lipinski definition) is 2. The van der Waals surface area contributed by atoms with Gasteiger partial charge in [0.25, 0.3) is 5.91 Å². The first-order valence-corrected chi connectivity index (χ1v) is 11.9. The van der Waals surface area contributed by atoms with Crippen LogP contribution < -0.4 is 15.0 Å². The van der Waals surface area contributed by atoms with Gasteiger partial charge in [0.05, 0.1) is 13.2 Å². The molecule has 6 nitrogen and oxygen atoms in total. The Labute approximate surface area is 191 Å². The van der Waals surface area contributed by atoms with Gasteiger partial charge in [-0.25, -0.2) is 0 Å². The number of unbranched alkanes of at least 4 members (excludes halogenated alkanes) is 1. The predicted molar refractivity (Wildman–Crippen MR) is 129 cm³/mol. The number of benzene rings is 2. The van der Waals surface area contributed by atoms with Crippen molar-refractivity contribution >= 4 is 17.3 Å². The Balaban J connectivity index is 1.30. The van der Waals surface area contributed by atoms with Crippen LogP contribution in [-0.2, 0) is 0 Å². The van der Waals surface area contributed by atoms with Crippen LogP contribution in [0.15, 0.2) is 48.5 Å². The van der Waals surface area contributed by atoms with E-state index in [1.165, 1.54) is 12.1 Å². The fourth-order valence-electron chi connectivity index (χ4n) is 4.78. The zero-order chi connectivity index (χ0) is 22.3. The smallest absolute Gasteiger partial charge is 0.255 e. The highest BCUT2D eigenvalue weighted by Crippen LogP contribution is 2.29. The summed E-state index contributed by atoms with van der Waals surface area (Å²) in [6.45, 7) is 6.21. The second-order valence-electron chi connectivity index (χ2n) is 8.83. The van der Waals surface area contributed by atoms with E-state index in [-0.39, 0.29) is 12.5 Å². The fraction of sp³-hybridized carbons (Fsp3) is 0.500. The van der Waals surface area contributed by atoms with E-state index < -0.39 is 0 Å². The van der Waals surface area contributed by atoms with Gasteiger partial charge in [-0.2, -0.15) is 0 Å². The number of amides is 1. The van der Waals surface area contributed by atoms with Gasteiger partial charge in [-0.15, -0.1) is 0 Å². The fourth-order valence-corrected chi connectivity index (χ4v) is 4.78. The molecule has 2 N–H and O–H groups in total. The first-order valence-electron chi connectivity index (χ1n) is 11.9. The maximum absolute atomic E-state index is 12.6.